The molecule has 1 unspecified atom stereocenters. The average molecular weight is 754 g/mol. The molecule has 16 heteroatoms. The molecule has 3 heterocycles. The number of ether oxygens (including phenoxy) is 4. The number of fused-ring (bicyclic) bond motifs is 1. The van der Waals surface area contributed by atoms with Gasteiger partial charge in [-0.15, -0.1) is 0 Å². The van der Waals surface area contributed by atoms with Crippen LogP contribution < -0.4 is 15.4 Å². The predicted molar refractivity (Wildman–Crippen MR) is 199 cm³/mol. The first-order valence-corrected chi connectivity index (χ1v) is 20.3. The number of aromatic nitrogens is 2. The van der Waals surface area contributed by atoms with E-state index in [2.05, 4.69) is 21.8 Å². The Morgan fingerprint density at radius 2 is 1.69 bits per heavy atom. The fourth-order valence-electron chi connectivity index (χ4n) is 5.49. The average Bonchev–Trinajstić information content (AvgIpc) is 3.40. The number of carbonyl (C=O) groups is 3. The predicted octanol–water partition coefficient (Wildman–Crippen LogP) is 4.86. The normalized spacial score (nSPS) is 17.4. The Bertz CT molecular complexity index is 1360. The number of nitrogen functional groups attached to an aromatic ring is 1. The third-order valence-electron chi connectivity index (χ3n) is 8.24. The summed E-state index contributed by atoms with van der Waals surface area (Å²) in [6.45, 7) is 12.9. The zero-order chi connectivity index (χ0) is 38.5. The molecule has 1 saturated heterocycles. The maximum absolute atomic E-state index is 12.6. The number of methoxy groups -OCH3 is 1. The van der Waals surface area contributed by atoms with Crippen molar-refractivity contribution in [3.63, 3.8) is 0 Å². The maximum atomic E-state index is 12.6. The first-order valence-electron chi connectivity index (χ1n) is 18.2. The number of hydrogen-bond donors (Lipinski definition) is 2. The monoisotopic (exact) mass is 753 g/mol. The van der Waals surface area contributed by atoms with E-state index in [0.29, 0.717) is 24.1 Å². The van der Waals surface area contributed by atoms with E-state index in [9.17, 15) is 18.9 Å². The molecule has 2 aliphatic heterocycles. The van der Waals surface area contributed by atoms with Crippen molar-refractivity contribution in [1.29, 1.82) is 0 Å². The molecule has 0 radical (unpaired) electrons. The van der Waals surface area contributed by atoms with Crippen molar-refractivity contribution in [2.45, 2.75) is 97.7 Å². The lowest BCUT2D eigenvalue weighted by atomic mass is 9.96. The molecule has 3 rings (SSSR count). The summed E-state index contributed by atoms with van der Waals surface area (Å²) in [4.78, 5) is 58.1. The summed E-state index contributed by atoms with van der Waals surface area (Å²) in [7, 11) is -1.98. The molecule has 0 saturated carbocycles. The number of likely N-dealkylation sites (tertiary alicyclic amines) is 1. The molecule has 0 bridgehead atoms. The number of piperidine rings is 1. The number of carbonyl (C=O) groups excluding carboxylic acids is 3. The van der Waals surface area contributed by atoms with Crippen LogP contribution in [0.1, 0.15) is 84.6 Å². The van der Waals surface area contributed by atoms with Crippen LogP contribution in [0, 0.1) is 5.92 Å². The Balaban J connectivity index is 0.000000366. The maximum Gasteiger partial charge on any atom is 0.325 e. The summed E-state index contributed by atoms with van der Waals surface area (Å²) in [6.07, 6.45) is 12.2. The van der Waals surface area contributed by atoms with Crippen LogP contribution in [-0.2, 0) is 44.1 Å². The standard InChI is InChI=1S/C20H33N5O3.C16H27O7P/c1-4-5-14(2)28-20-22-18(21)16-12-17(26)25(19(16)23-20)13-15-6-8-24(9-7-15)10-11-27-3;1-4-6-8-10-15(17)21-12-14(13-22-24(3,19)20)23-16(18)11-9-7-5-2/h14-15H,4-13H2,1-3H3,(H2,21,22,23);6-9,14H,4-5,10-13H2,1-3H3,(H,19,20)/b;8-6-,9-7-/t2*14-/m01/s1. The number of rotatable bonds is 21. The Kier molecular flexibility index (Phi) is 20.7. The zero-order valence-electron chi connectivity index (χ0n) is 31.8. The molecule has 2 aliphatic rings. The largest absolute Gasteiger partial charge is 0.461 e. The van der Waals surface area contributed by atoms with Gasteiger partial charge in [0, 0.05) is 32.4 Å². The topological polar surface area (TPSA) is 193 Å². The number of anilines is 2. The first kappa shape index (κ1) is 44.8. The van der Waals surface area contributed by atoms with Gasteiger partial charge in [0.25, 0.3) is 0 Å². The highest BCUT2D eigenvalue weighted by atomic mass is 31.2. The van der Waals surface area contributed by atoms with E-state index in [4.69, 9.17) is 34.1 Å². The summed E-state index contributed by atoms with van der Waals surface area (Å²) >= 11 is 0. The third kappa shape index (κ3) is 17.4. The van der Waals surface area contributed by atoms with Crippen molar-refractivity contribution in [3.8, 4) is 6.01 Å². The molecule has 0 aromatic carbocycles. The third-order valence-corrected chi connectivity index (χ3v) is 8.87. The van der Waals surface area contributed by atoms with Crippen molar-refractivity contribution in [2.75, 3.05) is 70.4 Å². The minimum atomic E-state index is -3.72. The van der Waals surface area contributed by atoms with Gasteiger partial charge in [0.15, 0.2) is 6.10 Å². The lowest BCUT2D eigenvalue weighted by molar-refractivity contribution is -0.159. The Labute approximate surface area is 308 Å². The molecule has 1 aromatic heterocycles. The molecule has 15 nitrogen and oxygen atoms in total. The Morgan fingerprint density at radius 3 is 2.29 bits per heavy atom. The summed E-state index contributed by atoms with van der Waals surface area (Å²) in [5, 5.41) is 0. The van der Waals surface area contributed by atoms with Gasteiger partial charge in [-0.2, -0.15) is 9.97 Å². The van der Waals surface area contributed by atoms with E-state index in [1.807, 2.05) is 32.9 Å². The molecule has 1 aromatic rings. The van der Waals surface area contributed by atoms with Crippen LogP contribution >= 0.6 is 7.60 Å². The van der Waals surface area contributed by atoms with Crippen molar-refractivity contribution in [1.82, 2.24) is 14.9 Å². The van der Waals surface area contributed by atoms with Gasteiger partial charge in [0.1, 0.15) is 18.2 Å². The fourth-order valence-corrected chi connectivity index (χ4v) is 5.94. The number of esters is 2. The molecule has 0 spiro atoms. The fraction of sp³-hybridized carbons (Fsp3) is 0.694. The van der Waals surface area contributed by atoms with E-state index in [0.717, 1.165) is 77.0 Å². The number of nitrogens with zero attached hydrogens (tertiary/aromatic N) is 4. The lowest BCUT2D eigenvalue weighted by Gasteiger charge is -2.33. The molecule has 0 aliphatic carbocycles. The van der Waals surface area contributed by atoms with Crippen molar-refractivity contribution >= 4 is 37.1 Å². The van der Waals surface area contributed by atoms with Crippen molar-refractivity contribution < 1.29 is 47.3 Å². The smallest absolute Gasteiger partial charge is 0.325 e. The van der Waals surface area contributed by atoms with Crippen LogP contribution in [0.2, 0.25) is 0 Å². The van der Waals surface area contributed by atoms with Gasteiger partial charge in [-0.25, -0.2) is 0 Å². The lowest BCUT2D eigenvalue weighted by Crippen LogP contribution is -2.41. The summed E-state index contributed by atoms with van der Waals surface area (Å²) in [5.41, 5.74) is 6.85. The minimum absolute atomic E-state index is 0.0180. The number of nitrogens with two attached hydrogens (primary N) is 1. The second-order valence-corrected chi connectivity index (χ2v) is 14.8. The van der Waals surface area contributed by atoms with Gasteiger partial charge in [0.2, 0.25) is 5.91 Å². The van der Waals surface area contributed by atoms with Gasteiger partial charge < -0.3 is 39.0 Å². The van der Waals surface area contributed by atoms with E-state index >= 15 is 0 Å². The Morgan fingerprint density at radius 1 is 1.04 bits per heavy atom. The minimum Gasteiger partial charge on any atom is -0.461 e. The molecular formula is C36H60N5O10P. The second-order valence-electron chi connectivity index (χ2n) is 12.9. The molecule has 52 heavy (non-hydrogen) atoms. The van der Waals surface area contributed by atoms with Crippen LogP contribution in [0.3, 0.4) is 0 Å². The van der Waals surface area contributed by atoms with E-state index in [1.165, 1.54) is 0 Å². The number of allylic oxidation sites excluding steroid dienone is 2. The Hall–Kier alpha value is -3.36. The van der Waals surface area contributed by atoms with E-state index in [1.54, 1.807) is 24.2 Å². The van der Waals surface area contributed by atoms with Crippen LogP contribution in [0.15, 0.2) is 24.3 Å². The molecule has 3 atom stereocenters. The highest BCUT2D eigenvalue weighted by Crippen LogP contribution is 2.37. The quantitative estimate of drug-likeness (QED) is 0.0982. The summed E-state index contributed by atoms with van der Waals surface area (Å²) < 4.78 is 37.1. The summed E-state index contributed by atoms with van der Waals surface area (Å²) in [6, 6.07) is 0.270. The van der Waals surface area contributed by atoms with E-state index < -0.39 is 25.6 Å². The number of hydrogen-bond acceptors (Lipinski definition) is 13. The molecular weight excluding hydrogens is 693 g/mol. The van der Waals surface area contributed by atoms with Gasteiger partial charge in [0.05, 0.1) is 38.6 Å². The van der Waals surface area contributed by atoms with Gasteiger partial charge >= 0.3 is 25.5 Å². The molecule has 1 amide bonds. The zero-order valence-corrected chi connectivity index (χ0v) is 32.7. The summed E-state index contributed by atoms with van der Waals surface area (Å²) in [5.74, 6) is 0.506. The van der Waals surface area contributed by atoms with Crippen LogP contribution in [0.4, 0.5) is 11.6 Å². The molecule has 294 valence electrons. The van der Waals surface area contributed by atoms with Crippen molar-refractivity contribution in [3.05, 3.63) is 29.9 Å². The van der Waals surface area contributed by atoms with Gasteiger partial charge in [-0.05, 0) is 58.0 Å². The molecule has 1 fully saturated rings. The highest BCUT2D eigenvalue weighted by molar-refractivity contribution is 7.51. The van der Waals surface area contributed by atoms with Crippen molar-refractivity contribution in [2.24, 2.45) is 5.92 Å². The SMILES string of the molecule is CC/C=C\CC(=O)OC[C@H](COP(C)(=O)O)OC(=O)C/C=C\CC.CCC[C@H](C)Oc1nc(N)c2c(n1)N(CC1CCN(CCOC)CC1)C(=O)C2. The van der Waals surface area contributed by atoms with Gasteiger partial charge in [-0.3, -0.25) is 23.8 Å². The van der Waals surface area contributed by atoms with E-state index in [-0.39, 0.29) is 50.5 Å². The number of amides is 1. The van der Waals surface area contributed by atoms with Crippen LogP contribution in [-0.4, -0.2) is 110 Å². The highest BCUT2D eigenvalue weighted by Gasteiger charge is 2.34. The van der Waals surface area contributed by atoms with Gasteiger partial charge in [-0.1, -0.05) is 51.5 Å². The molecule has 3 N–H and O–H groups in total. The second kappa shape index (κ2) is 24.1. The van der Waals surface area contributed by atoms with Crippen LogP contribution in [0.25, 0.3) is 0 Å². The first-order chi connectivity index (χ1) is 24.8. The van der Waals surface area contributed by atoms with Crippen LogP contribution in [0.5, 0.6) is 6.01 Å².